The molecule has 1 aliphatic heterocycles. The van der Waals surface area contributed by atoms with Gasteiger partial charge in [0.1, 0.15) is 12.6 Å². The number of piperazine rings is 1. The highest BCUT2D eigenvalue weighted by molar-refractivity contribution is 6.06. The summed E-state index contributed by atoms with van der Waals surface area (Å²) in [6, 6.07) is -0.474. The van der Waals surface area contributed by atoms with Crippen LogP contribution in [0.2, 0.25) is 0 Å². The molecular weight excluding hydrogens is 260 g/mol. The minimum Gasteiger partial charge on any atom is -0.383 e. The third-order valence-electron chi connectivity index (χ3n) is 3.27. The molecule has 2 amide bonds. The molecule has 0 aromatic carbocycles. The lowest BCUT2D eigenvalue weighted by Gasteiger charge is -2.33. The van der Waals surface area contributed by atoms with Gasteiger partial charge in [0, 0.05) is 13.3 Å². The lowest BCUT2D eigenvalue weighted by atomic mass is 10.0. The number of hydrogen-bond acceptors (Lipinski definition) is 4. The molecule has 1 aliphatic rings. The van der Waals surface area contributed by atoms with Crippen LogP contribution in [0.3, 0.4) is 0 Å². The molecule has 7 nitrogen and oxygen atoms in total. The van der Waals surface area contributed by atoms with Gasteiger partial charge in [-0.15, -0.1) is 0 Å². The van der Waals surface area contributed by atoms with Gasteiger partial charge in [-0.2, -0.15) is 5.10 Å². The predicted octanol–water partition coefficient (Wildman–Crippen LogP) is 0.0169. The van der Waals surface area contributed by atoms with Crippen molar-refractivity contribution in [1.82, 2.24) is 15.1 Å². The van der Waals surface area contributed by atoms with Crippen LogP contribution in [0.4, 0.5) is 5.69 Å². The number of aromatic nitrogens is 2. The second kappa shape index (κ2) is 6.04. The van der Waals surface area contributed by atoms with Crippen LogP contribution >= 0.6 is 0 Å². The van der Waals surface area contributed by atoms with Crippen molar-refractivity contribution in [2.24, 2.45) is 5.92 Å². The number of ether oxygens (including phenoxy) is 1. The highest BCUT2D eigenvalue weighted by Gasteiger charge is 2.35. The molecule has 110 valence electrons. The Labute approximate surface area is 117 Å². The van der Waals surface area contributed by atoms with E-state index in [1.54, 1.807) is 24.2 Å². The maximum atomic E-state index is 12.4. The van der Waals surface area contributed by atoms with Gasteiger partial charge in [0.2, 0.25) is 11.8 Å². The van der Waals surface area contributed by atoms with Crippen LogP contribution in [0.5, 0.6) is 0 Å². The van der Waals surface area contributed by atoms with Crippen molar-refractivity contribution in [2.75, 3.05) is 25.2 Å². The summed E-state index contributed by atoms with van der Waals surface area (Å²) in [6.45, 7) is 5.02. The summed E-state index contributed by atoms with van der Waals surface area (Å²) in [4.78, 5) is 25.6. The molecule has 7 heteroatoms. The Morgan fingerprint density at radius 3 is 2.90 bits per heavy atom. The molecule has 20 heavy (non-hydrogen) atoms. The maximum Gasteiger partial charge on any atom is 0.250 e. The zero-order valence-electron chi connectivity index (χ0n) is 12.0. The minimum atomic E-state index is -0.474. The molecule has 2 heterocycles. The zero-order chi connectivity index (χ0) is 14.7. The smallest absolute Gasteiger partial charge is 0.250 e. The van der Waals surface area contributed by atoms with Crippen LogP contribution < -0.4 is 10.2 Å². The van der Waals surface area contributed by atoms with E-state index in [1.165, 1.54) is 4.90 Å². The number of carbonyl (C=O) groups excluding carboxylic acids is 2. The third kappa shape index (κ3) is 2.98. The van der Waals surface area contributed by atoms with E-state index in [0.717, 1.165) is 0 Å². The molecule has 1 unspecified atom stereocenters. The van der Waals surface area contributed by atoms with Gasteiger partial charge in [-0.25, -0.2) is 0 Å². The monoisotopic (exact) mass is 280 g/mol. The molecule has 1 aromatic rings. The number of carbonyl (C=O) groups is 2. The first-order chi connectivity index (χ1) is 9.52. The number of methoxy groups -OCH3 is 1. The molecule has 0 aliphatic carbocycles. The molecule has 2 rings (SSSR count). The van der Waals surface area contributed by atoms with Crippen molar-refractivity contribution in [3.8, 4) is 0 Å². The fourth-order valence-electron chi connectivity index (χ4n) is 2.14. The third-order valence-corrected chi connectivity index (χ3v) is 3.27. The molecule has 1 aromatic heterocycles. The van der Waals surface area contributed by atoms with Gasteiger partial charge in [0.05, 0.1) is 25.0 Å². The molecule has 1 atom stereocenters. The molecular formula is C13H20N4O3. The summed E-state index contributed by atoms with van der Waals surface area (Å²) >= 11 is 0. The van der Waals surface area contributed by atoms with Crippen molar-refractivity contribution in [2.45, 2.75) is 26.4 Å². The predicted molar refractivity (Wildman–Crippen MR) is 73.2 cm³/mol. The average molecular weight is 280 g/mol. The van der Waals surface area contributed by atoms with Crippen molar-refractivity contribution in [3.63, 3.8) is 0 Å². The number of nitrogens with zero attached hydrogens (tertiary/aromatic N) is 3. The molecule has 1 N–H and O–H groups in total. The quantitative estimate of drug-likeness (QED) is 0.824. The molecule has 1 fully saturated rings. The second-order valence-electron chi connectivity index (χ2n) is 5.17. The fraction of sp³-hybridized carbons (Fsp3) is 0.615. The maximum absolute atomic E-state index is 12.4. The molecule has 0 radical (unpaired) electrons. The van der Waals surface area contributed by atoms with E-state index in [1.807, 2.05) is 13.8 Å². The number of anilines is 1. The van der Waals surface area contributed by atoms with Crippen molar-refractivity contribution in [1.29, 1.82) is 0 Å². The lowest BCUT2D eigenvalue weighted by Crippen LogP contribution is -2.60. The van der Waals surface area contributed by atoms with E-state index in [0.29, 0.717) is 18.8 Å². The number of hydrogen-bond donors (Lipinski definition) is 1. The first kappa shape index (κ1) is 14.5. The van der Waals surface area contributed by atoms with Crippen molar-refractivity contribution >= 4 is 17.5 Å². The van der Waals surface area contributed by atoms with Gasteiger partial charge in [-0.05, 0) is 5.92 Å². The van der Waals surface area contributed by atoms with E-state index < -0.39 is 6.04 Å². The van der Waals surface area contributed by atoms with Gasteiger partial charge in [0.25, 0.3) is 0 Å². The molecule has 0 saturated carbocycles. The Morgan fingerprint density at radius 1 is 1.50 bits per heavy atom. The van der Waals surface area contributed by atoms with Gasteiger partial charge >= 0.3 is 0 Å². The van der Waals surface area contributed by atoms with Gasteiger partial charge < -0.3 is 10.1 Å². The van der Waals surface area contributed by atoms with Crippen LogP contribution in [-0.2, 0) is 20.9 Å². The van der Waals surface area contributed by atoms with Gasteiger partial charge in [-0.1, -0.05) is 13.8 Å². The Hall–Kier alpha value is -1.89. The van der Waals surface area contributed by atoms with E-state index in [4.69, 9.17) is 4.74 Å². The van der Waals surface area contributed by atoms with Crippen molar-refractivity contribution < 1.29 is 14.3 Å². The van der Waals surface area contributed by atoms with Crippen LogP contribution in [0.25, 0.3) is 0 Å². The zero-order valence-corrected chi connectivity index (χ0v) is 12.0. The largest absolute Gasteiger partial charge is 0.383 e. The standard InChI is InChI=1S/C13H20N4O3/c1-9(2)12-13(19)17(8-11(18)15-12)10-6-14-16(7-10)4-5-20-3/h6-7,9,12H,4-5,8H2,1-3H3,(H,15,18). The topological polar surface area (TPSA) is 76.5 Å². The lowest BCUT2D eigenvalue weighted by molar-refractivity contribution is -0.132. The second-order valence-corrected chi connectivity index (χ2v) is 5.17. The Kier molecular flexibility index (Phi) is 4.39. The minimum absolute atomic E-state index is 0.0397. The Morgan fingerprint density at radius 2 is 2.25 bits per heavy atom. The first-order valence-electron chi connectivity index (χ1n) is 6.65. The van der Waals surface area contributed by atoms with Crippen LogP contribution in [0.1, 0.15) is 13.8 Å². The van der Waals surface area contributed by atoms with Crippen molar-refractivity contribution in [3.05, 3.63) is 12.4 Å². The van der Waals surface area contributed by atoms with E-state index in [-0.39, 0.29) is 24.3 Å². The van der Waals surface area contributed by atoms with Crippen LogP contribution in [0, 0.1) is 5.92 Å². The fourth-order valence-corrected chi connectivity index (χ4v) is 2.14. The summed E-state index contributed by atoms with van der Waals surface area (Å²) in [5, 5.41) is 6.90. The van der Waals surface area contributed by atoms with Crippen LogP contribution in [0.15, 0.2) is 12.4 Å². The molecule has 0 bridgehead atoms. The summed E-state index contributed by atoms with van der Waals surface area (Å²) in [5.41, 5.74) is 0.645. The van der Waals surface area contributed by atoms with Gasteiger partial charge in [-0.3, -0.25) is 19.2 Å². The first-order valence-corrected chi connectivity index (χ1v) is 6.65. The van der Waals surface area contributed by atoms with E-state index in [2.05, 4.69) is 10.4 Å². The van der Waals surface area contributed by atoms with E-state index in [9.17, 15) is 9.59 Å². The average Bonchev–Trinajstić information content (AvgIpc) is 2.87. The normalized spacial score (nSPS) is 19.6. The number of amides is 2. The summed E-state index contributed by atoms with van der Waals surface area (Å²) in [6.07, 6.45) is 3.36. The highest BCUT2D eigenvalue weighted by Crippen LogP contribution is 2.19. The van der Waals surface area contributed by atoms with Crippen LogP contribution in [-0.4, -0.2) is 47.9 Å². The number of rotatable bonds is 5. The number of nitrogens with one attached hydrogen (secondary N) is 1. The van der Waals surface area contributed by atoms with Gasteiger partial charge in [0.15, 0.2) is 0 Å². The molecule has 0 spiro atoms. The van der Waals surface area contributed by atoms with E-state index >= 15 is 0 Å². The Balaban J connectivity index is 2.15. The highest BCUT2D eigenvalue weighted by atomic mass is 16.5. The SMILES string of the molecule is COCCn1cc(N2CC(=O)NC(C(C)C)C2=O)cn1. The molecule has 1 saturated heterocycles. The summed E-state index contributed by atoms with van der Waals surface area (Å²) in [7, 11) is 1.62. The summed E-state index contributed by atoms with van der Waals surface area (Å²) in [5.74, 6) is -0.184. The Bertz CT molecular complexity index is 498. The summed E-state index contributed by atoms with van der Waals surface area (Å²) < 4.78 is 6.68.